The first-order valence-corrected chi connectivity index (χ1v) is 16.2. The fraction of sp³-hybridized carbons (Fsp3) is 0.0909. The van der Waals surface area contributed by atoms with E-state index in [9.17, 15) is 0 Å². The van der Waals surface area contributed by atoms with Crippen molar-refractivity contribution in [1.29, 1.82) is 0 Å². The largest absolute Gasteiger partial charge is 0.333 e. The molecule has 0 amide bonds. The van der Waals surface area contributed by atoms with Crippen LogP contribution in [-0.2, 0) is 6.42 Å². The van der Waals surface area contributed by atoms with Crippen LogP contribution in [0.15, 0.2) is 146 Å². The summed E-state index contributed by atoms with van der Waals surface area (Å²) in [7, 11) is 0. The Bertz CT molecular complexity index is 2300. The summed E-state index contributed by atoms with van der Waals surface area (Å²) in [6.07, 6.45) is 3.46. The van der Waals surface area contributed by atoms with Crippen LogP contribution in [0.25, 0.3) is 66.4 Å². The predicted octanol–water partition coefficient (Wildman–Crippen LogP) is 12.0. The zero-order valence-corrected chi connectivity index (χ0v) is 25.0. The Kier molecular flexibility index (Phi) is 5.30. The van der Waals surface area contributed by atoms with E-state index in [2.05, 4.69) is 150 Å². The monoisotopic (exact) mass is 573 g/mol. The molecule has 45 heavy (non-hydrogen) atoms. The van der Waals surface area contributed by atoms with E-state index < -0.39 is 0 Å². The number of hydrogen-bond donors (Lipinski definition) is 0. The van der Waals surface area contributed by atoms with E-state index in [1.807, 2.05) is 0 Å². The Labute approximate surface area is 264 Å². The van der Waals surface area contributed by atoms with Crippen LogP contribution in [0.5, 0.6) is 0 Å². The summed E-state index contributed by atoms with van der Waals surface area (Å²) in [4.78, 5) is 2.66. The molecule has 1 unspecified atom stereocenters. The maximum Gasteiger partial charge on any atom is 0.0594 e. The molecule has 1 heteroatoms. The van der Waals surface area contributed by atoms with E-state index in [-0.39, 0.29) is 6.04 Å². The Morgan fingerprint density at radius 1 is 0.467 bits per heavy atom. The highest BCUT2D eigenvalue weighted by Crippen LogP contribution is 2.58. The lowest BCUT2D eigenvalue weighted by Gasteiger charge is -2.38. The fourth-order valence-electron chi connectivity index (χ4n) is 8.54. The lowest BCUT2D eigenvalue weighted by atomic mass is 9.83. The van der Waals surface area contributed by atoms with Crippen molar-refractivity contribution in [1.82, 2.24) is 0 Å². The van der Waals surface area contributed by atoms with Gasteiger partial charge >= 0.3 is 0 Å². The minimum absolute atomic E-state index is 0.254. The molecule has 7 aromatic carbocycles. The Morgan fingerprint density at radius 3 is 1.91 bits per heavy atom. The first-order chi connectivity index (χ1) is 22.3. The molecule has 0 saturated carbocycles. The highest BCUT2D eigenvalue weighted by Gasteiger charge is 2.33. The lowest BCUT2D eigenvalue weighted by molar-refractivity contribution is 0.559. The summed E-state index contributed by atoms with van der Waals surface area (Å²) >= 11 is 0. The van der Waals surface area contributed by atoms with E-state index in [4.69, 9.17) is 0 Å². The van der Waals surface area contributed by atoms with Gasteiger partial charge in [-0.25, -0.2) is 0 Å². The molecule has 7 aromatic rings. The van der Waals surface area contributed by atoms with Crippen molar-refractivity contribution < 1.29 is 0 Å². The van der Waals surface area contributed by atoms with Crippen molar-refractivity contribution in [2.45, 2.75) is 25.3 Å². The number of rotatable bonds is 3. The molecule has 1 atom stereocenters. The first kappa shape index (κ1) is 25.0. The molecule has 0 N–H and O–H groups in total. The minimum Gasteiger partial charge on any atom is -0.333 e. The zero-order chi connectivity index (χ0) is 29.5. The third-order valence-electron chi connectivity index (χ3n) is 10.4. The molecule has 0 fully saturated rings. The van der Waals surface area contributed by atoms with Crippen LogP contribution >= 0.6 is 0 Å². The molecular weight excluding hydrogens is 542 g/mol. The van der Waals surface area contributed by atoms with Crippen LogP contribution in [0.4, 0.5) is 11.4 Å². The molecule has 212 valence electrons. The highest BCUT2D eigenvalue weighted by atomic mass is 15.2. The third kappa shape index (κ3) is 3.56. The van der Waals surface area contributed by atoms with Crippen molar-refractivity contribution in [3.05, 3.63) is 157 Å². The fourth-order valence-corrected chi connectivity index (χ4v) is 8.54. The van der Waals surface area contributed by atoms with Crippen LogP contribution in [0.3, 0.4) is 0 Å². The molecule has 0 heterocycles. The van der Waals surface area contributed by atoms with Gasteiger partial charge in [0.15, 0.2) is 0 Å². The average molecular weight is 574 g/mol. The quantitative estimate of drug-likeness (QED) is 0.203. The van der Waals surface area contributed by atoms with E-state index >= 15 is 0 Å². The smallest absolute Gasteiger partial charge is 0.0594 e. The summed E-state index contributed by atoms with van der Waals surface area (Å²) < 4.78 is 0. The molecule has 0 spiro atoms. The number of aryl methyl sites for hydroxylation is 1. The molecule has 6 bridgehead atoms. The minimum atomic E-state index is 0.254. The van der Waals surface area contributed by atoms with Crippen LogP contribution in [0.2, 0.25) is 0 Å². The maximum atomic E-state index is 2.66. The number of benzene rings is 7. The normalized spacial score (nSPS) is 15.1. The topological polar surface area (TPSA) is 3.24 Å². The molecule has 1 nitrogen and oxygen atoms in total. The zero-order valence-electron chi connectivity index (χ0n) is 25.0. The second kappa shape index (κ2) is 9.55. The van der Waals surface area contributed by atoms with Gasteiger partial charge in [0.05, 0.1) is 6.04 Å². The summed E-state index contributed by atoms with van der Waals surface area (Å²) in [5, 5.41) is 2.57. The molecule has 0 radical (unpaired) electrons. The number of nitrogens with zero attached hydrogens (tertiary/aromatic N) is 1. The van der Waals surface area contributed by atoms with Gasteiger partial charge in [-0.05, 0) is 110 Å². The van der Waals surface area contributed by atoms with Crippen LogP contribution in [-0.4, -0.2) is 0 Å². The van der Waals surface area contributed by atoms with Gasteiger partial charge in [0.1, 0.15) is 0 Å². The maximum absolute atomic E-state index is 2.66. The first-order valence-electron chi connectivity index (χ1n) is 16.2. The van der Waals surface area contributed by atoms with Gasteiger partial charge in [0.25, 0.3) is 0 Å². The van der Waals surface area contributed by atoms with E-state index in [0.717, 1.165) is 12.8 Å². The SMILES string of the molecule is c1ccc2c(c1)CCCC2N(c1ccc2c(c1)-c1c3cccc1-c1cccc-2c1-c1ccccc1-3)c1cccc2ccccc12. The standard InChI is InChI=1S/C44H31N/c1-3-15-31-28(11-1)13-7-23-41(31)45(42-24-8-14-29-12-2-4-16-32(29)42)30-25-26-34-37-20-10-21-38-39-22-9-19-36(44(39)40(34)27-30)33-17-5-6-18-35(33)43(37)38/h1-7,9-13,15-23,25-27,42H,8,14,24H2. The van der Waals surface area contributed by atoms with Gasteiger partial charge in [-0.3, -0.25) is 0 Å². The van der Waals surface area contributed by atoms with Gasteiger partial charge in [-0.1, -0.05) is 127 Å². The molecule has 0 aromatic heterocycles. The van der Waals surface area contributed by atoms with E-state index in [1.165, 1.54) is 95.3 Å². The van der Waals surface area contributed by atoms with Gasteiger partial charge in [0.2, 0.25) is 0 Å². The summed E-state index contributed by atoms with van der Waals surface area (Å²) in [6.45, 7) is 0. The summed E-state index contributed by atoms with van der Waals surface area (Å²) in [5.74, 6) is 0. The Hall–Kier alpha value is -5.40. The molecule has 0 saturated heterocycles. The highest BCUT2D eigenvalue weighted by molar-refractivity contribution is 6.15. The summed E-state index contributed by atoms with van der Waals surface area (Å²) in [6, 6.07) is 55.1. The average Bonchev–Trinajstić information content (AvgIpc) is 3.21. The van der Waals surface area contributed by atoms with Crippen molar-refractivity contribution in [3.63, 3.8) is 0 Å². The summed E-state index contributed by atoms with van der Waals surface area (Å²) in [5.41, 5.74) is 18.8. The van der Waals surface area contributed by atoms with Gasteiger partial charge in [0, 0.05) is 16.8 Å². The second-order valence-corrected chi connectivity index (χ2v) is 12.7. The second-order valence-electron chi connectivity index (χ2n) is 12.7. The van der Waals surface area contributed by atoms with E-state index in [1.54, 1.807) is 0 Å². The van der Waals surface area contributed by atoms with E-state index in [0.29, 0.717) is 0 Å². The molecular formula is C44H31N. The van der Waals surface area contributed by atoms with Crippen LogP contribution in [0.1, 0.15) is 30.0 Å². The van der Waals surface area contributed by atoms with Crippen LogP contribution in [0, 0.1) is 0 Å². The number of fused-ring (bicyclic) bond motifs is 6. The predicted molar refractivity (Wildman–Crippen MR) is 189 cm³/mol. The van der Waals surface area contributed by atoms with Gasteiger partial charge in [-0.2, -0.15) is 0 Å². The van der Waals surface area contributed by atoms with Crippen molar-refractivity contribution in [2.75, 3.05) is 4.90 Å². The van der Waals surface area contributed by atoms with Crippen molar-refractivity contribution in [2.24, 2.45) is 0 Å². The Morgan fingerprint density at radius 2 is 1.07 bits per heavy atom. The molecule has 0 aliphatic heterocycles. The van der Waals surface area contributed by atoms with Gasteiger partial charge < -0.3 is 4.90 Å². The molecule has 3 aliphatic rings. The number of hydrogen-bond acceptors (Lipinski definition) is 1. The lowest BCUT2D eigenvalue weighted by Crippen LogP contribution is -2.27. The van der Waals surface area contributed by atoms with Crippen molar-refractivity contribution >= 4 is 22.1 Å². The van der Waals surface area contributed by atoms with Crippen LogP contribution < -0.4 is 4.90 Å². The molecule has 3 aliphatic carbocycles. The number of anilines is 2. The Balaban J connectivity index is 1.28. The third-order valence-corrected chi connectivity index (χ3v) is 10.4. The van der Waals surface area contributed by atoms with Crippen molar-refractivity contribution in [3.8, 4) is 55.6 Å². The van der Waals surface area contributed by atoms with Gasteiger partial charge in [-0.15, -0.1) is 0 Å². The molecule has 10 rings (SSSR count).